The average Bonchev–Trinajstić information content (AvgIpc) is 2.82. The highest BCUT2D eigenvalue weighted by Crippen LogP contribution is 2.25. The molecule has 0 saturated carbocycles. The summed E-state index contributed by atoms with van der Waals surface area (Å²) in [4.78, 5) is 1.67. The topological polar surface area (TPSA) is 39.9 Å². The van der Waals surface area contributed by atoms with Crippen molar-refractivity contribution in [3.8, 4) is 11.4 Å². The lowest BCUT2D eigenvalue weighted by atomic mass is 10.1. The Bertz CT molecular complexity index is 690. The molecule has 0 atom stereocenters. The van der Waals surface area contributed by atoms with Crippen LogP contribution in [0.25, 0.3) is 16.7 Å². The third-order valence-electron chi connectivity index (χ3n) is 3.17. The second kappa shape index (κ2) is 4.39. The van der Waals surface area contributed by atoms with Crippen molar-refractivity contribution in [3.63, 3.8) is 0 Å². The van der Waals surface area contributed by atoms with Crippen molar-refractivity contribution in [2.45, 2.75) is 13.8 Å². The first-order valence-corrected chi connectivity index (χ1v) is 6.17. The van der Waals surface area contributed by atoms with E-state index in [1.165, 1.54) is 0 Å². The van der Waals surface area contributed by atoms with Gasteiger partial charge in [0.15, 0.2) is 0 Å². The number of aryl methyl sites for hydroxylation is 2. The first kappa shape index (κ1) is 11.7. The van der Waals surface area contributed by atoms with Crippen LogP contribution in [0, 0.1) is 13.8 Å². The van der Waals surface area contributed by atoms with Crippen molar-refractivity contribution in [2.24, 2.45) is 0 Å². The van der Waals surface area contributed by atoms with E-state index in [1.807, 2.05) is 50.2 Å². The van der Waals surface area contributed by atoms with Crippen molar-refractivity contribution < 1.29 is 4.74 Å². The van der Waals surface area contributed by atoms with Gasteiger partial charge in [0.05, 0.1) is 12.8 Å². The first-order valence-electron chi connectivity index (χ1n) is 6.17. The molecule has 0 aliphatic carbocycles. The minimum Gasteiger partial charge on any atom is -0.496 e. The molecule has 3 rings (SSSR count). The van der Waals surface area contributed by atoms with Gasteiger partial charge in [-0.25, -0.2) is 0 Å². The minimum atomic E-state index is 0.897. The highest BCUT2D eigenvalue weighted by molar-refractivity contribution is 5.73. The molecule has 0 aliphatic heterocycles. The van der Waals surface area contributed by atoms with Crippen LogP contribution in [0.15, 0.2) is 36.4 Å². The number of nitrogens with zero attached hydrogens (tertiary/aromatic N) is 3. The molecule has 0 spiro atoms. The standard InChI is InChI=1S/C15H15N3O/c1-10-8-12(9-11(2)15(10)19-3)18-16-13-6-4-5-7-14(13)17-18/h4-9H,1-3H3. The fraction of sp³-hybridized carbons (Fsp3) is 0.200. The third kappa shape index (κ3) is 1.95. The first-order chi connectivity index (χ1) is 9.19. The predicted molar refractivity (Wildman–Crippen MR) is 74.9 cm³/mol. The van der Waals surface area contributed by atoms with Gasteiger partial charge in [-0.05, 0) is 49.2 Å². The summed E-state index contributed by atoms with van der Waals surface area (Å²) < 4.78 is 5.38. The number of hydrogen-bond donors (Lipinski definition) is 0. The van der Waals surface area contributed by atoms with E-state index < -0.39 is 0 Å². The van der Waals surface area contributed by atoms with Crippen molar-refractivity contribution in [3.05, 3.63) is 47.5 Å². The van der Waals surface area contributed by atoms with Gasteiger partial charge in [-0.2, -0.15) is 4.80 Å². The predicted octanol–water partition coefficient (Wildman–Crippen LogP) is 3.05. The Labute approximate surface area is 111 Å². The molecule has 4 nitrogen and oxygen atoms in total. The van der Waals surface area contributed by atoms with E-state index in [1.54, 1.807) is 11.9 Å². The van der Waals surface area contributed by atoms with Crippen LogP contribution in [0.2, 0.25) is 0 Å². The second-order valence-electron chi connectivity index (χ2n) is 4.59. The average molecular weight is 253 g/mol. The van der Waals surface area contributed by atoms with Gasteiger partial charge < -0.3 is 4.74 Å². The van der Waals surface area contributed by atoms with Crippen LogP contribution >= 0.6 is 0 Å². The maximum atomic E-state index is 5.38. The molecule has 4 heteroatoms. The molecule has 1 aromatic heterocycles. The molecule has 96 valence electrons. The fourth-order valence-electron chi connectivity index (χ4n) is 2.34. The highest BCUT2D eigenvalue weighted by Gasteiger charge is 2.09. The zero-order valence-electron chi connectivity index (χ0n) is 11.2. The third-order valence-corrected chi connectivity index (χ3v) is 3.17. The number of hydrogen-bond acceptors (Lipinski definition) is 3. The van der Waals surface area contributed by atoms with Crippen LogP contribution in [0.5, 0.6) is 5.75 Å². The smallest absolute Gasteiger partial charge is 0.124 e. The molecule has 0 saturated heterocycles. The Balaban J connectivity index is 2.16. The van der Waals surface area contributed by atoms with Crippen LogP contribution < -0.4 is 4.74 Å². The summed E-state index contributed by atoms with van der Waals surface area (Å²) in [6.07, 6.45) is 0. The number of methoxy groups -OCH3 is 1. The van der Waals surface area contributed by atoms with E-state index in [4.69, 9.17) is 4.74 Å². The van der Waals surface area contributed by atoms with Crippen molar-refractivity contribution in [2.75, 3.05) is 7.11 Å². The summed E-state index contributed by atoms with van der Waals surface area (Å²) in [7, 11) is 1.69. The summed E-state index contributed by atoms with van der Waals surface area (Å²) in [5.74, 6) is 0.917. The van der Waals surface area contributed by atoms with Crippen LogP contribution in [0.4, 0.5) is 0 Å². The number of aromatic nitrogens is 3. The lowest BCUT2D eigenvalue weighted by molar-refractivity contribution is 0.408. The largest absolute Gasteiger partial charge is 0.496 e. The maximum Gasteiger partial charge on any atom is 0.124 e. The van der Waals surface area contributed by atoms with E-state index in [0.717, 1.165) is 33.6 Å². The second-order valence-corrected chi connectivity index (χ2v) is 4.59. The van der Waals surface area contributed by atoms with E-state index >= 15 is 0 Å². The van der Waals surface area contributed by atoms with Crippen molar-refractivity contribution in [1.29, 1.82) is 0 Å². The summed E-state index contributed by atoms with van der Waals surface area (Å²) in [6, 6.07) is 11.9. The molecule has 1 heterocycles. The van der Waals surface area contributed by atoms with Gasteiger partial charge >= 0.3 is 0 Å². The van der Waals surface area contributed by atoms with E-state index in [-0.39, 0.29) is 0 Å². The molecule has 0 aliphatic rings. The minimum absolute atomic E-state index is 0.897. The van der Waals surface area contributed by atoms with Crippen LogP contribution in [0.1, 0.15) is 11.1 Å². The molecule has 0 radical (unpaired) electrons. The van der Waals surface area contributed by atoms with Crippen molar-refractivity contribution in [1.82, 2.24) is 15.0 Å². The molecule has 0 amide bonds. The summed E-state index contributed by atoms with van der Waals surface area (Å²) in [5, 5.41) is 8.97. The molecular formula is C15H15N3O. The summed E-state index contributed by atoms with van der Waals surface area (Å²) in [6.45, 7) is 4.05. The Morgan fingerprint density at radius 1 is 0.947 bits per heavy atom. The summed E-state index contributed by atoms with van der Waals surface area (Å²) in [5.41, 5.74) is 4.91. The van der Waals surface area contributed by atoms with Crippen LogP contribution in [0.3, 0.4) is 0 Å². The van der Waals surface area contributed by atoms with Crippen LogP contribution in [-0.2, 0) is 0 Å². The normalized spacial score (nSPS) is 10.9. The number of benzene rings is 2. The summed E-state index contributed by atoms with van der Waals surface area (Å²) >= 11 is 0. The SMILES string of the molecule is COc1c(C)cc(-n2nc3ccccc3n2)cc1C. The van der Waals surface area contributed by atoms with E-state index in [0.29, 0.717) is 0 Å². The van der Waals surface area contributed by atoms with Gasteiger partial charge in [0.2, 0.25) is 0 Å². The molecule has 0 N–H and O–H groups in total. The lowest BCUT2D eigenvalue weighted by Crippen LogP contribution is -2.01. The lowest BCUT2D eigenvalue weighted by Gasteiger charge is -2.10. The Morgan fingerprint density at radius 2 is 1.47 bits per heavy atom. The molecule has 19 heavy (non-hydrogen) atoms. The Hall–Kier alpha value is -2.36. The molecule has 0 bridgehead atoms. The fourth-order valence-corrected chi connectivity index (χ4v) is 2.34. The Morgan fingerprint density at radius 3 is 1.95 bits per heavy atom. The molecule has 0 unspecified atom stereocenters. The van der Waals surface area contributed by atoms with Gasteiger partial charge in [-0.3, -0.25) is 0 Å². The highest BCUT2D eigenvalue weighted by atomic mass is 16.5. The quantitative estimate of drug-likeness (QED) is 0.704. The van der Waals surface area contributed by atoms with Crippen LogP contribution in [-0.4, -0.2) is 22.1 Å². The molecule has 2 aromatic carbocycles. The molecule has 0 fully saturated rings. The van der Waals surface area contributed by atoms with E-state index in [2.05, 4.69) is 10.2 Å². The molecular weight excluding hydrogens is 238 g/mol. The van der Waals surface area contributed by atoms with Gasteiger partial charge in [0.1, 0.15) is 16.8 Å². The Kier molecular flexibility index (Phi) is 2.71. The van der Waals surface area contributed by atoms with Crippen molar-refractivity contribution >= 4 is 11.0 Å². The maximum absolute atomic E-state index is 5.38. The van der Waals surface area contributed by atoms with Gasteiger partial charge in [0.25, 0.3) is 0 Å². The zero-order chi connectivity index (χ0) is 13.4. The van der Waals surface area contributed by atoms with Gasteiger partial charge in [-0.1, -0.05) is 12.1 Å². The number of ether oxygens (including phenoxy) is 1. The molecule has 3 aromatic rings. The van der Waals surface area contributed by atoms with E-state index in [9.17, 15) is 0 Å². The number of rotatable bonds is 2. The van der Waals surface area contributed by atoms with Gasteiger partial charge in [0, 0.05) is 0 Å². The van der Waals surface area contributed by atoms with Gasteiger partial charge in [-0.15, -0.1) is 10.2 Å². The monoisotopic (exact) mass is 253 g/mol. The zero-order valence-corrected chi connectivity index (χ0v) is 11.2. The number of fused-ring (bicyclic) bond motifs is 1.